The van der Waals surface area contributed by atoms with E-state index >= 15 is 0 Å². The Morgan fingerprint density at radius 1 is 1.25 bits per heavy atom. The maximum absolute atomic E-state index is 10.8. The van der Waals surface area contributed by atoms with E-state index in [9.17, 15) is 10.1 Å². The molecule has 0 aromatic heterocycles. The maximum Gasteiger partial charge on any atom is 0.282 e. The molecule has 1 unspecified atom stereocenters. The van der Waals surface area contributed by atoms with Crippen molar-refractivity contribution in [1.29, 1.82) is 0 Å². The van der Waals surface area contributed by atoms with E-state index in [1.807, 2.05) is 53.8 Å². The molecule has 0 fully saturated rings. The predicted octanol–water partition coefficient (Wildman–Crippen LogP) is 3.95. The molecule has 0 radical (unpaired) electrons. The van der Waals surface area contributed by atoms with Gasteiger partial charge in [0.25, 0.3) is 5.69 Å². The van der Waals surface area contributed by atoms with Crippen LogP contribution >= 0.6 is 22.6 Å². The Hall–Kier alpha value is -1.83. The van der Waals surface area contributed by atoms with Crippen LogP contribution < -0.4 is 11.1 Å². The summed E-state index contributed by atoms with van der Waals surface area (Å²) in [5.74, 6) is 0. The minimum atomic E-state index is -0.380. The fraction of sp³-hybridized carbons (Fsp3) is 0.143. The molecule has 6 heteroatoms. The summed E-state index contributed by atoms with van der Waals surface area (Å²) in [4.78, 5) is 10.4. The standard InChI is InChI=1S/C14H14IN3O2/c1-9(10-2-4-11(16)5-3-10)17-12-6-7-14(18(19)20)13(15)8-12/h2-9,17H,16H2,1H3. The summed E-state index contributed by atoms with van der Waals surface area (Å²) in [6.45, 7) is 2.03. The largest absolute Gasteiger partial charge is 0.399 e. The monoisotopic (exact) mass is 383 g/mol. The van der Waals surface area contributed by atoms with E-state index in [1.54, 1.807) is 12.1 Å². The van der Waals surface area contributed by atoms with Crippen LogP contribution in [0.2, 0.25) is 0 Å². The Labute approximate surface area is 130 Å². The summed E-state index contributed by atoms with van der Waals surface area (Å²) in [6, 6.07) is 12.7. The van der Waals surface area contributed by atoms with Gasteiger partial charge in [-0.3, -0.25) is 10.1 Å². The quantitative estimate of drug-likeness (QED) is 0.363. The van der Waals surface area contributed by atoms with Gasteiger partial charge in [-0.25, -0.2) is 0 Å². The normalized spacial score (nSPS) is 11.9. The Balaban J connectivity index is 2.15. The zero-order valence-corrected chi connectivity index (χ0v) is 13.0. The fourth-order valence-corrected chi connectivity index (χ4v) is 2.58. The van der Waals surface area contributed by atoms with Crippen molar-refractivity contribution >= 4 is 39.7 Å². The Bertz CT molecular complexity index is 629. The van der Waals surface area contributed by atoms with Crippen LogP contribution in [0.15, 0.2) is 42.5 Å². The molecule has 0 aliphatic rings. The molecule has 104 valence electrons. The van der Waals surface area contributed by atoms with Crippen molar-refractivity contribution in [1.82, 2.24) is 0 Å². The van der Waals surface area contributed by atoms with Gasteiger partial charge < -0.3 is 11.1 Å². The molecule has 0 aliphatic heterocycles. The van der Waals surface area contributed by atoms with Gasteiger partial charge in [-0.1, -0.05) is 12.1 Å². The first-order valence-electron chi connectivity index (χ1n) is 6.03. The molecule has 2 aromatic carbocycles. The minimum Gasteiger partial charge on any atom is -0.399 e. The number of anilines is 2. The van der Waals surface area contributed by atoms with Gasteiger partial charge in [-0.15, -0.1) is 0 Å². The van der Waals surface area contributed by atoms with Crippen LogP contribution in [0.4, 0.5) is 17.1 Å². The number of hydrogen-bond acceptors (Lipinski definition) is 4. The Kier molecular flexibility index (Phi) is 4.43. The van der Waals surface area contributed by atoms with Gasteiger partial charge in [0.1, 0.15) is 0 Å². The molecule has 0 heterocycles. The van der Waals surface area contributed by atoms with Gasteiger partial charge in [0.15, 0.2) is 0 Å². The molecular weight excluding hydrogens is 369 g/mol. The van der Waals surface area contributed by atoms with E-state index in [0.717, 1.165) is 16.9 Å². The highest BCUT2D eigenvalue weighted by Crippen LogP contribution is 2.26. The number of halogens is 1. The summed E-state index contributed by atoms with van der Waals surface area (Å²) in [7, 11) is 0. The van der Waals surface area contributed by atoms with Crippen LogP contribution in [0.3, 0.4) is 0 Å². The Morgan fingerprint density at radius 3 is 2.45 bits per heavy atom. The van der Waals surface area contributed by atoms with Crippen molar-refractivity contribution in [3.8, 4) is 0 Å². The van der Waals surface area contributed by atoms with Crippen molar-refractivity contribution in [2.45, 2.75) is 13.0 Å². The van der Waals surface area contributed by atoms with Crippen molar-refractivity contribution in [2.75, 3.05) is 11.1 Å². The third-order valence-electron chi connectivity index (χ3n) is 2.96. The molecule has 2 aromatic rings. The fourth-order valence-electron chi connectivity index (χ4n) is 1.86. The van der Waals surface area contributed by atoms with Crippen molar-refractivity contribution < 1.29 is 4.92 Å². The number of nitrogens with zero attached hydrogens (tertiary/aromatic N) is 1. The van der Waals surface area contributed by atoms with Crippen molar-refractivity contribution in [2.24, 2.45) is 0 Å². The van der Waals surface area contributed by atoms with Crippen molar-refractivity contribution in [3.63, 3.8) is 0 Å². The van der Waals surface area contributed by atoms with Crippen LogP contribution in [0.25, 0.3) is 0 Å². The predicted molar refractivity (Wildman–Crippen MR) is 88.7 cm³/mol. The van der Waals surface area contributed by atoms with Gasteiger partial charge >= 0.3 is 0 Å². The first-order valence-corrected chi connectivity index (χ1v) is 7.11. The number of rotatable bonds is 4. The number of nitro groups is 1. The Morgan fingerprint density at radius 2 is 1.90 bits per heavy atom. The molecule has 3 N–H and O–H groups in total. The second-order valence-electron chi connectivity index (χ2n) is 4.46. The highest BCUT2D eigenvalue weighted by atomic mass is 127. The zero-order valence-electron chi connectivity index (χ0n) is 10.8. The maximum atomic E-state index is 10.8. The van der Waals surface area contributed by atoms with Crippen LogP contribution in [0.1, 0.15) is 18.5 Å². The summed E-state index contributed by atoms with van der Waals surface area (Å²) in [5.41, 5.74) is 8.46. The molecule has 5 nitrogen and oxygen atoms in total. The second-order valence-corrected chi connectivity index (χ2v) is 5.62. The molecule has 1 atom stereocenters. The molecular formula is C14H14IN3O2. The van der Waals surface area contributed by atoms with E-state index in [-0.39, 0.29) is 16.7 Å². The molecule has 0 spiro atoms. The number of benzene rings is 2. The number of nitrogen functional groups attached to an aromatic ring is 1. The third kappa shape index (κ3) is 3.38. The lowest BCUT2D eigenvalue weighted by atomic mass is 10.1. The highest BCUT2D eigenvalue weighted by Gasteiger charge is 2.12. The first-order chi connectivity index (χ1) is 9.47. The lowest BCUT2D eigenvalue weighted by molar-refractivity contribution is -0.385. The second kappa shape index (κ2) is 6.08. The molecule has 0 bridgehead atoms. The van der Waals surface area contributed by atoms with Crippen LogP contribution in [0, 0.1) is 13.7 Å². The molecule has 0 saturated carbocycles. The van der Waals surface area contributed by atoms with Gasteiger partial charge in [0.05, 0.1) is 8.49 Å². The average Bonchev–Trinajstić information content (AvgIpc) is 2.39. The number of nitrogens with one attached hydrogen (secondary N) is 1. The summed E-state index contributed by atoms with van der Waals surface area (Å²) < 4.78 is 0.613. The highest BCUT2D eigenvalue weighted by molar-refractivity contribution is 14.1. The van der Waals surface area contributed by atoms with E-state index in [4.69, 9.17) is 5.73 Å². The van der Waals surface area contributed by atoms with Gasteiger partial charge in [0.2, 0.25) is 0 Å². The number of nitro benzene ring substituents is 1. The van der Waals surface area contributed by atoms with E-state index in [2.05, 4.69) is 5.32 Å². The summed E-state index contributed by atoms with van der Waals surface area (Å²) in [6.07, 6.45) is 0. The molecule has 0 aliphatic carbocycles. The average molecular weight is 383 g/mol. The lowest BCUT2D eigenvalue weighted by Crippen LogP contribution is -2.07. The van der Waals surface area contributed by atoms with E-state index < -0.39 is 0 Å². The number of hydrogen-bond donors (Lipinski definition) is 2. The van der Waals surface area contributed by atoms with Crippen LogP contribution in [-0.4, -0.2) is 4.92 Å². The van der Waals surface area contributed by atoms with Gasteiger partial charge in [-0.05, 0) is 59.3 Å². The van der Waals surface area contributed by atoms with Crippen LogP contribution in [0.5, 0.6) is 0 Å². The first kappa shape index (κ1) is 14.6. The lowest BCUT2D eigenvalue weighted by Gasteiger charge is -2.16. The molecule has 0 amide bonds. The van der Waals surface area contributed by atoms with Crippen molar-refractivity contribution in [3.05, 3.63) is 61.7 Å². The van der Waals surface area contributed by atoms with E-state index in [0.29, 0.717) is 3.57 Å². The smallest absolute Gasteiger partial charge is 0.282 e. The van der Waals surface area contributed by atoms with Gasteiger partial charge in [0, 0.05) is 23.5 Å². The topological polar surface area (TPSA) is 81.2 Å². The molecule has 0 saturated heterocycles. The minimum absolute atomic E-state index is 0.0906. The number of nitrogens with two attached hydrogens (primary N) is 1. The summed E-state index contributed by atoms with van der Waals surface area (Å²) in [5, 5.41) is 14.1. The van der Waals surface area contributed by atoms with Crippen LogP contribution in [-0.2, 0) is 0 Å². The zero-order chi connectivity index (χ0) is 14.7. The molecule has 20 heavy (non-hydrogen) atoms. The summed E-state index contributed by atoms with van der Waals surface area (Å²) >= 11 is 1.97. The molecule has 2 rings (SSSR count). The SMILES string of the molecule is CC(Nc1ccc([N+](=O)[O-])c(I)c1)c1ccc(N)cc1. The van der Waals surface area contributed by atoms with Gasteiger partial charge in [-0.2, -0.15) is 0 Å². The van der Waals surface area contributed by atoms with E-state index in [1.165, 1.54) is 6.07 Å². The third-order valence-corrected chi connectivity index (χ3v) is 3.83.